The van der Waals surface area contributed by atoms with Gasteiger partial charge in [-0.1, -0.05) is 76.6 Å². The van der Waals surface area contributed by atoms with Crippen LogP contribution in [0.25, 0.3) is 5.57 Å². The van der Waals surface area contributed by atoms with Crippen LogP contribution in [0.3, 0.4) is 0 Å². The smallest absolute Gasteiger partial charge is 0.225 e. The van der Waals surface area contributed by atoms with Crippen LogP contribution in [0.2, 0.25) is 0 Å². The summed E-state index contributed by atoms with van der Waals surface area (Å²) in [6.45, 7) is 0. The van der Waals surface area contributed by atoms with Crippen molar-refractivity contribution in [3.8, 4) is 0 Å². The van der Waals surface area contributed by atoms with E-state index < -0.39 is 10.0 Å². The summed E-state index contributed by atoms with van der Waals surface area (Å²) in [6, 6.07) is 25.8. The van der Waals surface area contributed by atoms with E-state index in [9.17, 15) is 8.42 Å². The van der Waals surface area contributed by atoms with Gasteiger partial charge in [-0.3, -0.25) is 0 Å². The van der Waals surface area contributed by atoms with Crippen molar-refractivity contribution in [3.05, 3.63) is 106 Å². The molecule has 0 aliphatic heterocycles. The molecule has 0 bridgehead atoms. The van der Waals surface area contributed by atoms with Crippen LogP contribution in [0.5, 0.6) is 0 Å². The van der Waals surface area contributed by atoms with Crippen LogP contribution in [0, 0.1) is 0 Å². The van der Waals surface area contributed by atoms with Crippen molar-refractivity contribution >= 4 is 31.5 Å². The Balaban J connectivity index is 1.74. The molecule has 28 heavy (non-hydrogen) atoms. The van der Waals surface area contributed by atoms with Gasteiger partial charge in [0.25, 0.3) is 0 Å². The van der Waals surface area contributed by atoms with Crippen molar-refractivity contribution in [2.75, 3.05) is 0 Å². The van der Waals surface area contributed by atoms with Crippen LogP contribution in [0.1, 0.15) is 34.9 Å². The third-order valence-electron chi connectivity index (χ3n) is 5.29. The van der Waals surface area contributed by atoms with E-state index in [0.717, 1.165) is 16.5 Å². The minimum absolute atomic E-state index is 0.141. The molecule has 0 fully saturated rings. The third-order valence-corrected chi connectivity index (χ3v) is 6.75. The number of sulfonamides is 1. The van der Waals surface area contributed by atoms with Gasteiger partial charge in [-0.05, 0) is 58.9 Å². The van der Waals surface area contributed by atoms with Gasteiger partial charge >= 0.3 is 0 Å². The van der Waals surface area contributed by atoms with Crippen LogP contribution in [-0.2, 0) is 10.0 Å². The van der Waals surface area contributed by atoms with E-state index in [0.29, 0.717) is 5.92 Å². The van der Waals surface area contributed by atoms with Gasteiger partial charge < -0.3 is 0 Å². The summed E-state index contributed by atoms with van der Waals surface area (Å²) in [5.74, 6) is 0.482. The zero-order valence-electron chi connectivity index (χ0n) is 15.1. The summed E-state index contributed by atoms with van der Waals surface area (Å²) in [7, 11) is -3.69. The number of halogens is 1. The highest BCUT2D eigenvalue weighted by Gasteiger charge is 2.30. The molecule has 3 aromatic carbocycles. The number of rotatable bonds is 4. The van der Waals surface area contributed by atoms with Gasteiger partial charge in [0.05, 0.1) is 4.90 Å². The van der Waals surface area contributed by atoms with E-state index in [-0.39, 0.29) is 10.8 Å². The highest BCUT2D eigenvalue weighted by molar-refractivity contribution is 9.10. The van der Waals surface area contributed by atoms with E-state index >= 15 is 0 Å². The maximum Gasteiger partial charge on any atom is 0.238 e. The Morgan fingerprint density at radius 3 is 2.07 bits per heavy atom. The van der Waals surface area contributed by atoms with Gasteiger partial charge in [-0.2, -0.15) is 0 Å². The highest BCUT2D eigenvalue weighted by atomic mass is 79.9. The summed E-state index contributed by atoms with van der Waals surface area (Å²) in [5, 5.41) is 5.25. The SMILES string of the molecule is NS(=O)(=O)c1ccc(C2C=C(c3ccc(Br)cc3)CC2c2ccccc2)cc1. The van der Waals surface area contributed by atoms with Gasteiger partial charge in [0, 0.05) is 10.4 Å². The van der Waals surface area contributed by atoms with Crippen LogP contribution >= 0.6 is 15.9 Å². The quantitative estimate of drug-likeness (QED) is 0.570. The predicted octanol–water partition coefficient (Wildman–Crippen LogP) is 5.45. The van der Waals surface area contributed by atoms with Crippen molar-refractivity contribution in [1.29, 1.82) is 0 Å². The Morgan fingerprint density at radius 2 is 1.46 bits per heavy atom. The molecule has 2 N–H and O–H groups in total. The molecule has 0 saturated carbocycles. The van der Waals surface area contributed by atoms with E-state index in [1.54, 1.807) is 12.1 Å². The summed E-state index contributed by atoms with van der Waals surface area (Å²) in [4.78, 5) is 0.141. The standard InChI is InChI=1S/C23H20BrNO2S/c24-20-10-6-16(7-11-20)19-14-22(17-4-2-1-3-5-17)23(15-19)18-8-12-21(13-9-18)28(25,26)27/h1-13,15,22-23H,14H2,(H2,25,26,27). The Hall–Kier alpha value is -2.21. The van der Waals surface area contributed by atoms with Gasteiger partial charge in [0.2, 0.25) is 10.0 Å². The molecule has 0 amide bonds. The Bertz CT molecular complexity index is 1110. The van der Waals surface area contributed by atoms with Crippen LogP contribution in [0.4, 0.5) is 0 Å². The predicted molar refractivity (Wildman–Crippen MR) is 116 cm³/mol. The summed E-state index contributed by atoms with van der Waals surface area (Å²) in [5.41, 5.74) is 4.90. The molecule has 1 aliphatic carbocycles. The van der Waals surface area contributed by atoms with Crippen molar-refractivity contribution < 1.29 is 8.42 Å². The molecule has 0 saturated heterocycles. The minimum atomic E-state index is -3.69. The summed E-state index contributed by atoms with van der Waals surface area (Å²) >= 11 is 3.50. The first kappa shape index (κ1) is 19.1. The van der Waals surface area contributed by atoms with Crippen molar-refractivity contribution in [3.63, 3.8) is 0 Å². The monoisotopic (exact) mass is 453 g/mol. The minimum Gasteiger partial charge on any atom is -0.225 e. The Labute approximate surface area is 174 Å². The molecule has 3 aromatic rings. The van der Waals surface area contributed by atoms with Crippen LogP contribution in [-0.4, -0.2) is 8.42 Å². The molecule has 1 aliphatic rings. The molecule has 0 radical (unpaired) electrons. The lowest BCUT2D eigenvalue weighted by Gasteiger charge is -2.20. The second-order valence-electron chi connectivity index (χ2n) is 7.06. The third kappa shape index (κ3) is 3.97. The van der Waals surface area contributed by atoms with Crippen molar-refractivity contribution in [2.45, 2.75) is 23.2 Å². The number of allylic oxidation sites excluding steroid dienone is 2. The van der Waals surface area contributed by atoms with Gasteiger partial charge in [0.15, 0.2) is 0 Å². The molecule has 0 spiro atoms. The Kier molecular flexibility index (Phi) is 5.23. The van der Waals surface area contributed by atoms with E-state index in [1.807, 2.05) is 18.2 Å². The lowest BCUT2D eigenvalue weighted by Crippen LogP contribution is -2.12. The summed E-state index contributed by atoms with van der Waals surface area (Å²) in [6.07, 6.45) is 3.25. The van der Waals surface area contributed by atoms with E-state index in [4.69, 9.17) is 5.14 Å². The number of primary sulfonamides is 1. The molecule has 0 heterocycles. The average Bonchev–Trinajstić information content (AvgIpc) is 3.14. The average molecular weight is 454 g/mol. The topological polar surface area (TPSA) is 60.2 Å². The molecule has 4 rings (SSSR count). The first-order valence-corrected chi connectivity index (χ1v) is 11.4. The molecule has 2 atom stereocenters. The van der Waals surface area contributed by atoms with Gasteiger partial charge in [-0.25, -0.2) is 13.6 Å². The molecule has 0 aromatic heterocycles. The Morgan fingerprint density at radius 1 is 0.821 bits per heavy atom. The largest absolute Gasteiger partial charge is 0.238 e. The molecular formula is C23H20BrNO2S. The lowest BCUT2D eigenvalue weighted by molar-refractivity contribution is 0.597. The van der Waals surface area contributed by atoms with Crippen molar-refractivity contribution in [1.82, 2.24) is 0 Å². The van der Waals surface area contributed by atoms with E-state index in [2.05, 4.69) is 70.5 Å². The van der Waals surface area contributed by atoms with Gasteiger partial charge in [0.1, 0.15) is 0 Å². The van der Waals surface area contributed by atoms with Crippen LogP contribution in [0.15, 0.2) is 94.3 Å². The first-order chi connectivity index (χ1) is 13.4. The summed E-state index contributed by atoms with van der Waals surface area (Å²) < 4.78 is 24.2. The molecule has 3 nitrogen and oxygen atoms in total. The molecule has 142 valence electrons. The number of hydrogen-bond acceptors (Lipinski definition) is 2. The number of benzene rings is 3. The zero-order valence-corrected chi connectivity index (χ0v) is 17.5. The van der Waals surface area contributed by atoms with Gasteiger partial charge in [-0.15, -0.1) is 0 Å². The molecule has 5 heteroatoms. The lowest BCUT2D eigenvalue weighted by atomic mass is 9.83. The fraction of sp³-hybridized carbons (Fsp3) is 0.130. The van der Waals surface area contributed by atoms with E-state index in [1.165, 1.54) is 16.7 Å². The number of hydrogen-bond donors (Lipinski definition) is 1. The molecule has 2 unspecified atom stereocenters. The first-order valence-electron chi connectivity index (χ1n) is 9.06. The second-order valence-corrected chi connectivity index (χ2v) is 9.54. The second kappa shape index (κ2) is 7.66. The fourth-order valence-electron chi connectivity index (χ4n) is 3.88. The highest BCUT2D eigenvalue weighted by Crippen LogP contribution is 2.47. The zero-order chi connectivity index (χ0) is 19.7. The van der Waals surface area contributed by atoms with Crippen LogP contribution < -0.4 is 5.14 Å². The fourth-order valence-corrected chi connectivity index (χ4v) is 4.66. The number of nitrogens with two attached hydrogens (primary N) is 1. The van der Waals surface area contributed by atoms with Crippen molar-refractivity contribution in [2.24, 2.45) is 5.14 Å². The molecular weight excluding hydrogens is 434 g/mol. The normalized spacial score (nSPS) is 19.4. The maximum atomic E-state index is 11.6. The maximum absolute atomic E-state index is 11.6.